The normalized spacial score (nSPS) is 16.3. The predicted molar refractivity (Wildman–Crippen MR) is 125 cm³/mol. The van der Waals surface area contributed by atoms with Gasteiger partial charge in [-0.15, -0.1) is 0 Å². The summed E-state index contributed by atoms with van der Waals surface area (Å²) in [4.78, 5) is 14.9. The lowest BCUT2D eigenvalue weighted by Gasteiger charge is -2.25. The monoisotopic (exact) mass is 451 g/mol. The maximum absolute atomic E-state index is 12.4. The predicted octanol–water partition coefficient (Wildman–Crippen LogP) is 4.47. The SMILES string of the molecule is COc1cc(OC)c2c(C)cc(=O)oc2c1[C@H](CCN1CCCC1)c1ccc2c(c1)OCO2. The quantitative estimate of drug-likeness (QED) is 0.491. The standard InChI is InChI=1S/C26H29NO6/c1-16-12-23(28)33-26-24(16)21(29-2)14-22(30-3)25(26)18(8-11-27-9-4-5-10-27)17-6-7-19-20(13-17)32-15-31-19/h6-7,12-14,18H,4-5,8-11,15H2,1-3H3/t18-/m1/s1. The zero-order valence-electron chi connectivity index (χ0n) is 19.3. The molecule has 0 spiro atoms. The van der Waals surface area contributed by atoms with E-state index in [1.807, 2.05) is 25.1 Å². The lowest BCUT2D eigenvalue weighted by Crippen LogP contribution is -2.22. The third-order valence-corrected chi connectivity index (χ3v) is 6.70. The van der Waals surface area contributed by atoms with Crippen LogP contribution in [0.4, 0.5) is 0 Å². The molecule has 0 saturated carbocycles. The summed E-state index contributed by atoms with van der Waals surface area (Å²) in [6.07, 6.45) is 3.31. The van der Waals surface area contributed by atoms with Crippen molar-refractivity contribution in [1.29, 1.82) is 0 Å². The summed E-state index contributed by atoms with van der Waals surface area (Å²) in [7, 11) is 3.25. The number of ether oxygens (including phenoxy) is 4. The molecule has 2 aliphatic rings. The summed E-state index contributed by atoms with van der Waals surface area (Å²) in [5, 5.41) is 0.791. The molecule has 5 rings (SSSR count). The number of rotatable bonds is 7. The summed E-state index contributed by atoms with van der Waals surface area (Å²) in [6, 6.07) is 9.42. The van der Waals surface area contributed by atoms with Crippen LogP contribution in [0.15, 0.2) is 39.5 Å². The Hall–Kier alpha value is -3.19. The summed E-state index contributed by atoms with van der Waals surface area (Å²) >= 11 is 0. The van der Waals surface area contributed by atoms with Gasteiger partial charge in [0.05, 0.1) is 19.6 Å². The van der Waals surface area contributed by atoms with E-state index < -0.39 is 0 Å². The van der Waals surface area contributed by atoms with Gasteiger partial charge in [-0.2, -0.15) is 0 Å². The summed E-state index contributed by atoms with van der Waals surface area (Å²) in [5.74, 6) is 2.65. The van der Waals surface area contributed by atoms with Crippen LogP contribution in [-0.2, 0) is 0 Å². The first-order valence-corrected chi connectivity index (χ1v) is 11.4. The van der Waals surface area contributed by atoms with Crippen molar-refractivity contribution in [2.45, 2.75) is 32.1 Å². The Morgan fingerprint density at radius 2 is 1.76 bits per heavy atom. The van der Waals surface area contributed by atoms with E-state index in [4.69, 9.17) is 23.4 Å². The first-order chi connectivity index (χ1) is 16.1. The Labute approximate surface area is 192 Å². The molecule has 3 heterocycles. The Morgan fingerprint density at radius 3 is 2.52 bits per heavy atom. The molecule has 0 unspecified atom stereocenters. The van der Waals surface area contributed by atoms with Crippen LogP contribution in [0.25, 0.3) is 11.0 Å². The topological polar surface area (TPSA) is 70.4 Å². The molecular weight excluding hydrogens is 422 g/mol. The van der Waals surface area contributed by atoms with E-state index in [2.05, 4.69) is 11.0 Å². The zero-order valence-corrected chi connectivity index (χ0v) is 19.3. The number of hydrogen-bond donors (Lipinski definition) is 0. The van der Waals surface area contributed by atoms with Crippen LogP contribution in [-0.4, -0.2) is 45.5 Å². The summed E-state index contributed by atoms with van der Waals surface area (Å²) in [5.41, 5.74) is 2.85. The molecule has 1 saturated heterocycles. The minimum Gasteiger partial charge on any atom is -0.496 e. The number of aryl methyl sites for hydroxylation is 1. The van der Waals surface area contributed by atoms with E-state index in [9.17, 15) is 4.79 Å². The average molecular weight is 452 g/mol. The van der Waals surface area contributed by atoms with E-state index >= 15 is 0 Å². The van der Waals surface area contributed by atoms with Gasteiger partial charge < -0.3 is 28.3 Å². The Kier molecular flexibility index (Phi) is 5.89. The molecule has 0 bridgehead atoms. The fourth-order valence-electron chi connectivity index (χ4n) is 5.07. The number of methoxy groups -OCH3 is 2. The highest BCUT2D eigenvalue weighted by atomic mass is 16.7. The molecule has 3 aromatic rings. The number of nitrogens with zero attached hydrogens (tertiary/aromatic N) is 1. The Balaban J connectivity index is 1.71. The molecule has 0 radical (unpaired) electrons. The highest BCUT2D eigenvalue weighted by Gasteiger charge is 2.28. The Bertz CT molecular complexity index is 1230. The Morgan fingerprint density at radius 1 is 1.00 bits per heavy atom. The second kappa shape index (κ2) is 8.98. The highest BCUT2D eigenvalue weighted by Crippen LogP contribution is 2.45. The maximum Gasteiger partial charge on any atom is 0.336 e. The van der Waals surface area contributed by atoms with Gasteiger partial charge in [-0.3, -0.25) is 0 Å². The number of likely N-dealkylation sites (tertiary alicyclic amines) is 1. The van der Waals surface area contributed by atoms with Crippen molar-refractivity contribution in [3.05, 3.63) is 57.4 Å². The van der Waals surface area contributed by atoms with Crippen molar-refractivity contribution in [3.8, 4) is 23.0 Å². The molecule has 1 fully saturated rings. The van der Waals surface area contributed by atoms with Crippen LogP contribution in [0.5, 0.6) is 23.0 Å². The van der Waals surface area contributed by atoms with E-state index in [1.165, 1.54) is 18.9 Å². The molecule has 1 atom stereocenters. The summed E-state index contributed by atoms with van der Waals surface area (Å²) < 4.78 is 28.5. The first kappa shape index (κ1) is 21.6. The van der Waals surface area contributed by atoms with Crippen molar-refractivity contribution < 1.29 is 23.4 Å². The number of fused-ring (bicyclic) bond motifs is 2. The van der Waals surface area contributed by atoms with Crippen molar-refractivity contribution in [2.75, 3.05) is 40.6 Å². The fourth-order valence-corrected chi connectivity index (χ4v) is 5.07. The van der Waals surface area contributed by atoms with Gasteiger partial charge >= 0.3 is 5.63 Å². The van der Waals surface area contributed by atoms with Crippen LogP contribution in [0, 0.1) is 6.92 Å². The molecule has 33 heavy (non-hydrogen) atoms. The molecule has 7 heteroatoms. The molecule has 2 aromatic carbocycles. The van der Waals surface area contributed by atoms with E-state index in [0.717, 1.165) is 59.6 Å². The van der Waals surface area contributed by atoms with Crippen LogP contribution in [0.3, 0.4) is 0 Å². The lowest BCUT2D eigenvalue weighted by atomic mass is 9.85. The van der Waals surface area contributed by atoms with Gasteiger partial charge in [0.1, 0.15) is 17.1 Å². The second-order valence-corrected chi connectivity index (χ2v) is 8.65. The van der Waals surface area contributed by atoms with Gasteiger partial charge in [-0.25, -0.2) is 4.79 Å². The third kappa shape index (κ3) is 4.02. The van der Waals surface area contributed by atoms with Crippen LogP contribution in [0.2, 0.25) is 0 Å². The molecular formula is C26H29NO6. The largest absolute Gasteiger partial charge is 0.496 e. The number of benzene rings is 2. The molecule has 0 aliphatic carbocycles. The van der Waals surface area contributed by atoms with Crippen molar-refractivity contribution in [3.63, 3.8) is 0 Å². The molecule has 174 valence electrons. The first-order valence-electron chi connectivity index (χ1n) is 11.4. The average Bonchev–Trinajstić information content (AvgIpc) is 3.50. The van der Waals surface area contributed by atoms with Gasteiger partial charge in [-0.05, 0) is 69.1 Å². The maximum atomic E-state index is 12.4. The van der Waals surface area contributed by atoms with E-state index in [0.29, 0.717) is 17.1 Å². The minimum atomic E-state index is -0.388. The minimum absolute atomic E-state index is 0.0755. The smallest absolute Gasteiger partial charge is 0.336 e. The third-order valence-electron chi connectivity index (χ3n) is 6.70. The van der Waals surface area contributed by atoms with Crippen LogP contribution >= 0.6 is 0 Å². The second-order valence-electron chi connectivity index (χ2n) is 8.65. The molecule has 0 amide bonds. The molecule has 7 nitrogen and oxygen atoms in total. The van der Waals surface area contributed by atoms with Gasteiger partial charge in [0.25, 0.3) is 0 Å². The van der Waals surface area contributed by atoms with Gasteiger partial charge in [0.2, 0.25) is 6.79 Å². The van der Waals surface area contributed by atoms with E-state index in [-0.39, 0.29) is 18.3 Å². The lowest BCUT2D eigenvalue weighted by molar-refractivity contribution is 0.174. The summed E-state index contributed by atoms with van der Waals surface area (Å²) in [6.45, 7) is 5.29. The van der Waals surface area contributed by atoms with Gasteiger partial charge in [0.15, 0.2) is 11.5 Å². The highest BCUT2D eigenvalue weighted by molar-refractivity contribution is 5.92. The molecule has 0 N–H and O–H groups in total. The molecule has 2 aliphatic heterocycles. The number of hydrogen-bond acceptors (Lipinski definition) is 7. The fraction of sp³-hybridized carbons (Fsp3) is 0.423. The van der Waals surface area contributed by atoms with Crippen LogP contribution in [0.1, 0.15) is 41.9 Å². The van der Waals surface area contributed by atoms with Gasteiger partial charge in [0, 0.05) is 23.6 Å². The van der Waals surface area contributed by atoms with Crippen molar-refractivity contribution in [1.82, 2.24) is 4.90 Å². The van der Waals surface area contributed by atoms with E-state index in [1.54, 1.807) is 14.2 Å². The van der Waals surface area contributed by atoms with Crippen molar-refractivity contribution >= 4 is 11.0 Å². The molecule has 1 aromatic heterocycles. The van der Waals surface area contributed by atoms with Crippen molar-refractivity contribution in [2.24, 2.45) is 0 Å². The van der Waals surface area contributed by atoms with Crippen LogP contribution < -0.4 is 24.6 Å². The van der Waals surface area contributed by atoms with Gasteiger partial charge in [-0.1, -0.05) is 6.07 Å². The zero-order chi connectivity index (χ0) is 22.9.